The minimum Gasteiger partial charge on any atom is -0.469 e. The largest absolute Gasteiger partial charge is 0.469 e. The molecule has 1 aromatic carbocycles. The van der Waals surface area contributed by atoms with Gasteiger partial charge in [0.2, 0.25) is 5.88 Å². The maximum absolute atomic E-state index is 12.1. The Balaban J connectivity index is 1.62. The zero-order chi connectivity index (χ0) is 20.5. The third-order valence-electron chi connectivity index (χ3n) is 4.76. The Bertz CT molecular complexity index is 1090. The van der Waals surface area contributed by atoms with Crippen molar-refractivity contribution in [3.05, 3.63) is 47.0 Å². The number of rotatable bonds is 5. The molecule has 1 aliphatic heterocycles. The highest BCUT2D eigenvalue weighted by atomic mass is 32.1. The summed E-state index contributed by atoms with van der Waals surface area (Å²) in [4.78, 5) is 29.1. The van der Waals surface area contributed by atoms with Gasteiger partial charge in [-0.25, -0.2) is 14.6 Å². The number of nitrogens with one attached hydrogen (secondary N) is 1. The molecule has 29 heavy (non-hydrogen) atoms. The third-order valence-corrected chi connectivity index (χ3v) is 6.00. The van der Waals surface area contributed by atoms with Crippen LogP contribution in [0.3, 0.4) is 0 Å². The monoisotopic (exact) mass is 413 g/mol. The lowest BCUT2D eigenvalue weighted by Gasteiger charge is -2.36. The van der Waals surface area contributed by atoms with E-state index >= 15 is 0 Å². The van der Waals surface area contributed by atoms with Crippen molar-refractivity contribution >= 4 is 44.9 Å². The number of methoxy groups -OCH3 is 1. The molecule has 0 unspecified atom stereocenters. The Morgan fingerprint density at radius 3 is 2.72 bits per heavy atom. The van der Waals surface area contributed by atoms with Crippen molar-refractivity contribution in [1.29, 1.82) is 0 Å². The van der Waals surface area contributed by atoms with E-state index in [1.807, 2.05) is 31.2 Å². The van der Waals surface area contributed by atoms with Crippen molar-refractivity contribution in [2.24, 2.45) is 0 Å². The number of nitrogens with zero attached hydrogens (tertiary/aromatic N) is 2. The molecular weight excluding hydrogens is 394 g/mol. The van der Waals surface area contributed by atoms with Gasteiger partial charge in [-0.15, -0.1) is 11.3 Å². The maximum atomic E-state index is 12.1. The van der Waals surface area contributed by atoms with Crippen LogP contribution in [0, 0.1) is 6.92 Å². The summed E-state index contributed by atoms with van der Waals surface area (Å²) in [7, 11) is 1.37. The normalized spacial score (nSPS) is 13.8. The van der Waals surface area contributed by atoms with Crippen LogP contribution in [0.5, 0.6) is 5.88 Å². The fourth-order valence-corrected chi connectivity index (χ4v) is 4.40. The van der Waals surface area contributed by atoms with Crippen LogP contribution >= 0.6 is 11.3 Å². The molecule has 1 fully saturated rings. The molecule has 9 heteroatoms. The van der Waals surface area contributed by atoms with Crippen LogP contribution in [0.15, 0.2) is 36.5 Å². The predicted molar refractivity (Wildman–Crippen MR) is 109 cm³/mol. The van der Waals surface area contributed by atoms with Crippen molar-refractivity contribution in [3.8, 4) is 5.88 Å². The van der Waals surface area contributed by atoms with E-state index < -0.39 is 6.09 Å². The zero-order valence-electron chi connectivity index (χ0n) is 15.8. The second kappa shape index (κ2) is 7.59. The average molecular weight is 413 g/mol. The lowest BCUT2D eigenvalue weighted by atomic mass is 10.1. The molecule has 3 aromatic rings. The van der Waals surface area contributed by atoms with Gasteiger partial charge < -0.3 is 24.8 Å². The van der Waals surface area contributed by atoms with Crippen molar-refractivity contribution in [2.75, 3.05) is 25.5 Å². The lowest BCUT2D eigenvalue weighted by molar-refractivity contribution is 0.0232. The molecule has 0 spiro atoms. The number of ether oxygens (including phenoxy) is 2. The zero-order valence-corrected chi connectivity index (χ0v) is 16.7. The quantitative estimate of drug-likeness (QED) is 0.612. The van der Waals surface area contributed by atoms with Crippen molar-refractivity contribution < 1.29 is 24.2 Å². The van der Waals surface area contributed by atoms with Crippen molar-refractivity contribution in [1.82, 2.24) is 9.88 Å². The second-order valence-electron chi connectivity index (χ2n) is 6.64. The maximum Gasteiger partial charge on any atom is 0.407 e. The lowest BCUT2D eigenvalue weighted by Crippen LogP contribution is -2.55. The highest BCUT2D eigenvalue weighted by Crippen LogP contribution is 2.38. The number of esters is 1. The van der Waals surface area contributed by atoms with E-state index in [4.69, 9.17) is 14.6 Å². The number of aryl methyl sites for hydroxylation is 1. The van der Waals surface area contributed by atoms with Gasteiger partial charge in [-0.1, -0.05) is 6.07 Å². The Hall–Kier alpha value is -3.33. The number of benzene rings is 1. The molecule has 150 valence electrons. The van der Waals surface area contributed by atoms with Gasteiger partial charge >= 0.3 is 12.1 Å². The van der Waals surface area contributed by atoms with E-state index in [1.165, 1.54) is 23.3 Å². The summed E-state index contributed by atoms with van der Waals surface area (Å²) in [5.41, 5.74) is 2.34. The SMILES string of the molecule is COC(=O)c1sc2cccc(Nc3cccnc3OC3CN(C(=O)O)C3)c2c1C. The first-order valence-corrected chi connectivity index (χ1v) is 9.76. The minimum absolute atomic E-state index is 0.230. The number of hydrogen-bond donors (Lipinski definition) is 2. The molecule has 2 aromatic heterocycles. The Labute approximate surface area is 170 Å². The third kappa shape index (κ3) is 3.56. The van der Waals surface area contributed by atoms with E-state index in [1.54, 1.807) is 12.3 Å². The number of pyridine rings is 1. The van der Waals surface area contributed by atoms with Crippen LogP contribution in [0.2, 0.25) is 0 Å². The van der Waals surface area contributed by atoms with Crippen molar-refractivity contribution in [2.45, 2.75) is 13.0 Å². The smallest absolute Gasteiger partial charge is 0.407 e. The van der Waals surface area contributed by atoms with Crippen LogP contribution in [0.4, 0.5) is 16.2 Å². The topological polar surface area (TPSA) is 101 Å². The first-order chi connectivity index (χ1) is 14.0. The number of amides is 1. The molecule has 3 heterocycles. The number of likely N-dealkylation sites (tertiary alicyclic amines) is 1. The summed E-state index contributed by atoms with van der Waals surface area (Å²) in [5.74, 6) is 0.0497. The molecule has 2 N–H and O–H groups in total. The van der Waals surface area contributed by atoms with E-state index in [2.05, 4.69) is 10.3 Å². The van der Waals surface area contributed by atoms with Crippen LogP contribution < -0.4 is 10.1 Å². The Kier molecular flexibility index (Phi) is 4.98. The molecule has 4 rings (SSSR count). The van der Waals surface area contributed by atoms with Gasteiger partial charge in [-0.2, -0.15) is 0 Å². The summed E-state index contributed by atoms with van der Waals surface area (Å²) in [5, 5.41) is 13.3. The molecule has 0 radical (unpaired) electrons. The summed E-state index contributed by atoms with van der Waals surface area (Å²) in [6, 6.07) is 9.43. The van der Waals surface area contributed by atoms with Crippen LogP contribution in [-0.4, -0.2) is 53.4 Å². The van der Waals surface area contributed by atoms with Gasteiger partial charge in [0.15, 0.2) is 0 Å². The van der Waals surface area contributed by atoms with Gasteiger partial charge in [0, 0.05) is 22.0 Å². The first kappa shape index (κ1) is 19.0. The first-order valence-electron chi connectivity index (χ1n) is 8.95. The number of hydrogen-bond acceptors (Lipinski definition) is 7. The fourth-order valence-electron chi connectivity index (χ4n) is 3.25. The number of anilines is 2. The average Bonchev–Trinajstić information content (AvgIpc) is 3.02. The molecule has 0 bridgehead atoms. The molecule has 8 nitrogen and oxygen atoms in total. The van der Waals surface area contributed by atoms with E-state index in [0.29, 0.717) is 29.5 Å². The molecular formula is C20H19N3O5S. The number of carbonyl (C=O) groups excluding carboxylic acids is 1. The molecule has 1 aliphatic rings. The summed E-state index contributed by atoms with van der Waals surface area (Å²) >= 11 is 1.39. The summed E-state index contributed by atoms with van der Waals surface area (Å²) < 4.78 is 11.7. The number of thiophene rings is 1. The molecule has 0 atom stereocenters. The van der Waals surface area contributed by atoms with Gasteiger partial charge in [0.25, 0.3) is 0 Å². The van der Waals surface area contributed by atoms with Crippen LogP contribution in [-0.2, 0) is 4.74 Å². The number of carboxylic acid groups (broad SMARTS) is 1. The van der Waals surface area contributed by atoms with E-state index in [-0.39, 0.29) is 12.1 Å². The van der Waals surface area contributed by atoms with Gasteiger partial charge in [0.05, 0.1) is 20.2 Å². The van der Waals surface area contributed by atoms with Gasteiger partial charge in [-0.05, 0) is 36.8 Å². The highest BCUT2D eigenvalue weighted by molar-refractivity contribution is 7.21. The van der Waals surface area contributed by atoms with Gasteiger partial charge in [0.1, 0.15) is 16.7 Å². The predicted octanol–water partition coefficient (Wildman–Crippen LogP) is 3.88. The van der Waals surface area contributed by atoms with Crippen LogP contribution in [0.1, 0.15) is 15.2 Å². The highest BCUT2D eigenvalue weighted by Gasteiger charge is 2.33. The standard InChI is InChI=1S/C20H19N3O5S/c1-11-16-13(5-3-7-15(16)29-17(11)19(24)27-2)22-14-6-4-8-21-18(14)28-12-9-23(10-12)20(25)26/h3-8,12,22H,9-10H2,1-2H3,(H,25,26). The second-order valence-corrected chi connectivity index (χ2v) is 7.69. The molecule has 0 saturated carbocycles. The summed E-state index contributed by atoms with van der Waals surface area (Å²) in [6.45, 7) is 2.52. The van der Waals surface area contributed by atoms with Crippen LogP contribution in [0.25, 0.3) is 10.1 Å². The molecule has 0 aliphatic carbocycles. The minimum atomic E-state index is -0.953. The number of fused-ring (bicyclic) bond motifs is 1. The Morgan fingerprint density at radius 1 is 1.24 bits per heavy atom. The van der Waals surface area contributed by atoms with Crippen molar-refractivity contribution in [3.63, 3.8) is 0 Å². The van der Waals surface area contributed by atoms with E-state index in [9.17, 15) is 9.59 Å². The number of carbonyl (C=O) groups is 2. The Morgan fingerprint density at radius 2 is 2.00 bits per heavy atom. The van der Waals surface area contributed by atoms with Gasteiger partial charge in [-0.3, -0.25) is 0 Å². The summed E-state index contributed by atoms with van der Waals surface area (Å²) in [6.07, 6.45) is 0.441. The fraction of sp³-hybridized carbons (Fsp3) is 0.250. The molecule has 1 amide bonds. The number of aromatic nitrogens is 1. The van der Waals surface area contributed by atoms with E-state index in [0.717, 1.165) is 21.3 Å². The molecule has 1 saturated heterocycles.